The zero-order valence-electron chi connectivity index (χ0n) is 14.8. The lowest BCUT2D eigenvalue weighted by molar-refractivity contribution is 0.0999. The molecule has 0 N–H and O–H groups in total. The molecule has 134 valence electrons. The van der Waals surface area contributed by atoms with Gasteiger partial charge in [-0.1, -0.05) is 65.4 Å². The van der Waals surface area contributed by atoms with Gasteiger partial charge in [-0.15, -0.1) is 6.58 Å². The fourth-order valence-corrected chi connectivity index (χ4v) is 4.51. The van der Waals surface area contributed by atoms with Gasteiger partial charge in [-0.25, -0.2) is 0 Å². The number of thiazole rings is 1. The number of fused-ring (bicyclic) bond motifs is 2. The van der Waals surface area contributed by atoms with Crippen LogP contribution in [0.25, 0.3) is 21.0 Å². The number of hydrogen-bond acceptors (Lipinski definition) is 2. The second kappa shape index (κ2) is 7.14. The minimum Gasteiger partial charge on any atom is -0.312 e. The topological polar surface area (TPSA) is 34.4 Å². The van der Waals surface area contributed by atoms with Crippen molar-refractivity contribution < 1.29 is 4.79 Å². The Balaban J connectivity index is 1.94. The Morgan fingerprint density at radius 2 is 1.96 bits per heavy atom. The molecule has 4 rings (SSSR count). The second-order valence-electron chi connectivity index (χ2n) is 6.25. The van der Waals surface area contributed by atoms with Crippen molar-refractivity contribution >= 4 is 49.8 Å². The van der Waals surface area contributed by atoms with Crippen molar-refractivity contribution in [3.05, 3.63) is 88.2 Å². The number of halogens is 1. The number of benzene rings is 3. The molecule has 0 fully saturated rings. The van der Waals surface area contributed by atoms with Crippen molar-refractivity contribution in [3.63, 3.8) is 0 Å². The van der Waals surface area contributed by atoms with E-state index < -0.39 is 0 Å². The van der Waals surface area contributed by atoms with Crippen molar-refractivity contribution in [3.8, 4) is 0 Å². The summed E-state index contributed by atoms with van der Waals surface area (Å²) in [5.41, 5.74) is 2.58. The molecule has 0 spiro atoms. The van der Waals surface area contributed by atoms with Crippen LogP contribution in [0, 0.1) is 6.92 Å². The van der Waals surface area contributed by atoms with Gasteiger partial charge in [0.2, 0.25) is 0 Å². The SMILES string of the molecule is C=CCn1c(=NC(=O)c2cccc3ccccc23)sc2ccc(Cl)c(C)c21. The van der Waals surface area contributed by atoms with Gasteiger partial charge in [0.25, 0.3) is 5.91 Å². The first-order valence-corrected chi connectivity index (χ1v) is 9.76. The quantitative estimate of drug-likeness (QED) is 0.409. The number of carbonyl (C=O) groups is 1. The summed E-state index contributed by atoms with van der Waals surface area (Å²) in [6.45, 7) is 6.38. The summed E-state index contributed by atoms with van der Waals surface area (Å²) in [7, 11) is 0. The molecule has 5 heteroatoms. The predicted molar refractivity (Wildman–Crippen MR) is 114 cm³/mol. The van der Waals surface area contributed by atoms with E-state index >= 15 is 0 Å². The van der Waals surface area contributed by atoms with E-state index in [1.54, 1.807) is 6.08 Å². The third kappa shape index (κ3) is 3.11. The van der Waals surface area contributed by atoms with Crippen LogP contribution in [0.15, 0.2) is 72.2 Å². The average molecular weight is 393 g/mol. The van der Waals surface area contributed by atoms with E-state index in [1.165, 1.54) is 11.3 Å². The molecule has 0 unspecified atom stereocenters. The lowest BCUT2D eigenvalue weighted by atomic mass is 10.0. The first-order valence-electron chi connectivity index (χ1n) is 8.56. The zero-order valence-corrected chi connectivity index (χ0v) is 16.3. The highest BCUT2D eigenvalue weighted by Gasteiger charge is 2.13. The molecule has 0 bridgehead atoms. The summed E-state index contributed by atoms with van der Waals surface area (Å²) in [4.78, 5) is 18.1. The molecule has 0 atom stereocenters. The zero-order chi connectivity index (χ0) is 19.0. The summed E-state index contributed by atoms with van der Waals surface area (Å²) < 4.78 is 3.04. The van der Waals surface area contributed by atoms with Crippen molar-refractivity contribution in [2.24, 2.45) is 4.99 Å². The van der Waals surface area contributed by atoms with Crippen LogP contribution in [0.5, 0.6) is 0 Å². The molecule has 4 aromatic rings. The number of rotatable bonds is 3. The normalized spacial score (nSPS) is 12.0. The van der Waals surface area contributed by atoms with E-state index in [0.29, 0.717) is 21.9 Å². The van der Waals surface area contributed by atoms with Gasteiger partial charge in [0.15, 0.2) is 4.80 Å². The van der Waals surface area contributed by atoms with Crippen LogP contribution in [0.4, 0.5) is 0 Å². The summed E-state index contributed by atoms with van der Waals surface area (Å²) in [6.07, 6.45) is 1.80. The van der Waals surface area contributed by atoms with Gasteiger partial charge in [-0.3, -0.25) is 4.79 Å². The van der Waals surface area contributed by atoms with Crippen LogP contribution in [-0.2, 0) is 6.54 Å². The van der Waals surface area contributed by atoms with E-state index in [1.807, 2.05) is 66.1 Å². The number of nitrogens with zero attached hydrogens (tertiary/aromatic N) is 2. The van der Waals surface area contributed by atoms with Crippen molar-refractivity contribution in [1.29, 1.82) is 0 Å². The molecule has 1 amide bonds. The summed E-state index contributed by atoms with van der Waals surface area (Å²) in [5, 5.41) is 2.63. The van der Waals surface area contributed by atoms with Gasteiger partial charge in [0.1, 0.15) is 0 Å². The number of amides is 1. The van der Waals surface area contributed by atoms with E-state index in [-0.39, 0.29) is 5.91 Å². The molecule has 0 aliphatic carbocycles. The molecule has 3 aromatic carbocycles. The molecule has 0 saturated heterocycles. The Morgan fingerprint density at radius 3 is 2.78 bits per heavy atom. The number of aryl methyl sites for hydroxylation is 1. The minimum absolute atomic E-state index is 0.250. The molecule has 0 aliphatic rings. The van der Waals surface area contributed by atoms with Crippen LogP contribution in [0.2, 0.25) is 5.02 Å². The molecule has 3 nitrogen and oxygen atoms in total. The highest BCUT2D eigenvalue weighted by Crippen LogP contribution is 2.27. The van der Waals surface area contributed by atoms with Gasteiger partial charge in [0, 0.05) is 17.1 Å². The number of allylic oxidation sites excluding steroid dienone is 1. The predicted octanol–water partition coefficient (Wildman–Crippen LogP) is 5.74. The highest BCUT2D eigenvalue weighted by atomic mass is 35.5. The fourth-order valence-electron chi connectivity index (χ4n) is 3.26. The fraction of sp³-hybridized carbons (Fsp3) is 0.0909. The molecule has 27 heavy (non-hydrogen) atoms. The Labute approximate surface area is 165 Å². The van der Waals surface area contributed by atoms with Crippen molar-refractivity contribution in [1.82, 2.24) is 4.57 Å². The Bertz CT molecular complexity index is 1260. The van der Waals surface area contributed by atoms with Gasteiger partial charge in [0.05, 0.1) is 10.2 Å². The lowest BCUT2D eigenvalue weighted by Crippen LogP contribution is -2.16. The van der Waals surface area contributed by atoms with Gasteiger partial charge < -0.3 is 4.57 Å². The van der Waals surface area contributed by atoms with Crippen LogP contribution in [-0.4, -0.2) is 10.5 Å². The monoisotopic (exact) mass is 392 g/mol. The largest absolute Gasteiger partial charge is 0.312 e. The van der Waals surface area contributed by atoms with E-state index in [2.05, 4.69) is 11.6 Å². The molecule has 1 aromatic heterocycles. The van der Waals surface area contributed by atoms with Crippen LogP contribution in [0.3, 0.4) is 0 Å². The Kier molecular flexibility index (Phi) is 4.68. The number of aromatic nitrogens is 1. The second-order valence-corrected chi connectivity index (χ2v) is 7.66. The van der Waals surface area contributed by atoms with Gasteiger partial charge >= 0.3 is 0 Å². The highest BCUT2D eigenvalue weighted by molar-refractivity contribution is 7.16. The smallest absolute Gasteiger partial charge is 0.280 e. The maximum absolute atomic E-state index is 13.0. The first kappa shape index (κ1) is 17.7. The Hall–Kier alpha value is -2.69. The maximum Gasteiger partial charge on any atom is 0.280 e. The number of carbonyl (C=O) groups excluding carboxylic acids is 1. The van der Waals surface area contributed by atoms with E-state index in [0.717, 1.165) is 26.6 Å². The summed E-state index contributed by atoms with van der Waals surface area (Å²) >= 11 is 7.79. The van der Waals surface area contributed by atoms with E-state index in [4.69, 9.17) is 11.6 Å². The standard InChI is InChI=1S/C22H17ClN2OS/c1-3-13-25-20-14(2)18(23)11-12-19(20)27-22(25)24-21(26)17-10-6-8-15-7-4-5-9-16(15)17/h3-12H,1,13H2,2H3. The minimum atomic E-state index is -0.250. The first-order chi connectivity index (χ1) is 13.1. The summed E-state index contributed by atoms with van der Waals surface area (Å²) in [6, 6.07) is 17.4. The molecule has 0 saturated carbocycles. The van der Waals surface area contributed by atoms with Crippen LogP contribution < -0.4 is 4.80 Å². The lowest BCUT2D eigenvalue weighted by Gasteiger charge is -2.06. The van der Waals surface area contributed by atoms with Gasteiger partial charge in [-0.05, 0) is 41.5 Å². The maximum atomic E-state index is 13.0. The Morgan fingerprint density at radius 1 is 1.19 bits per heavy atom. The molecule has 1 heterocycles. The third-order valence-electron chi connectivity index (χ3n) is 4.56. The molecular formula is C22H17ClN2OS. The summed E-state index contributed by atoms with van der Waals surface area (Å²) in [5.74, 6) is -0.250. The van der Waals surface area contributed by atoms with E-state index in [9.17, 15) is 4.79 Å². The van der Waals surface area contributed by atoms with Crippen LogP contribution >= 0.6 is 22.9 Å². The third-order valence-corrected chi connectivity index (χ3v) is 6.01. The molecule has 0 radical (unpaired) electrons. The van der Waals surface area contributed by atoms with Gasteiger partial charge in [-0.2, -0.15) is 4.99 Å². The van der Waals surface area contributed by atoms with Crippen molar-refractivity contribution in [2.45, 2.75) is 13.5 Å². The average Bonchev–Trinajstić information content (AvgIpc) is 3.02. The van der Waals surface area contributed by atoms with Crippen molar-refractivity contribution in [2.75, 3.05) is 0 Å². The molecular weight excluding hydrogens is 376 g/mol. The van der Waals surface area contributed by atoms with Crippen LogP contribution in [0.1, 0.15) is 15.9 Å². The molecule has 0 aliphatic heterocycles. The number of hydrogen-bond donors (Lipinski definition) is 0.